The number of rotatable bonds is 7. The summed E-state index contributed by atoms with van der Waals surface area (Å²) in [7, 11) is 0. The molecule has 1 atom stereocenters. The summed E-state index contributed by atoms with van der Waals surface area (Å²) in [6.07, 6.45) is 6.85. The second-order valence-corrected chi connectivity index (χ2v) is 8.11. The fourth-order valence-electron chi connectivity index (χ4n) is 3.78. The van der Waals surface area contributed by atoms with Crippen molar-refractivity contribution in [1.82, 2.24) is 20.1 Å². The first-order valence-electron chi connectivity index (χ1n) is 10.6. The Morgan fingerprint density at radius 1 is 1.29 bits per heavy atom. The number of nitrogens with one attached hydrogen (secondary N) is 1. The Morgan fingerprint density at radius 2 is 2.13 bits per heavy atom. The molecule has 1 fully saturated rings. The van der Waals surface area contributed by atoms with E-state index < -0.39 is 0 Å². The average molecular weight is 418 g/mol. The molecule has 1 saturated carbocycles. The van der Waals surface area contributed by atoms with E-state index in [2.05, 4.69) is 10.4 Å². The Hall–Kier alpha value is -3.48. The van der Waals surface area contributed by atoms with E-state index in [4.69, 9.17) is 9.40 Å². The van der Waals surface area contributed by atoms with Gasteiger partial charge in [-0.15, -0.1) is 0 Å². The number of hydrogen-bond acceptors (Lipinski definition) is 4. The van der Waals surface area contributed by atoms with Gasteiger partial charge in [0.25, 0.3) is 5.91 Å². The van der Waals surface area contributed by atoms with Crippen LogP contribution >= 0.6 is 0 Å². The van der Waals surface area contributed by atoms with Crippen molar-refractivity contribution in [3.8, 4) is 5.69 Å². The molecular formula is C24H23FN4O2. The topological polar surface area (TPSA) is 73.0 Å². The summed E-state index contributed by atoms with van der Waals surface area (Å²) in [5, 5.41) is 8.05. The third-order valence-corrected chi connectivity index (χ3v) is 5.66. The zero-order chi connectivity index (χ0) is 21.4. The molecule has 5 rings (SSSR count). The van der Waals surface area contributed by atoms with Crippen LogP contribution in [0.2, 0.25) is 0 Å². The van der Waals surface area contributed by atoms with Crippen LogP contribution in [0.1, 0.15) is 53.9 Å². The van der Waals surface area contributed by atoms with Crippen LogP contribution in [0.15, 0.2) is 59.3 Å². The number of hydrogen-bond donors (Lipinski definition) is 1. The van der Waals surface area contributed by atoms with Crippen LogP contribution in [-0.2, 0) is 6.42 Å². The molecule has 0 bridgehead atoms. The maximum atomic E-state index is 14.4. The maximum Gasteiger partial charge on any atom is 0.252 e. The van der Waals surface area contributed by atoms with Crippen molar-refractivity contribution >= 4 is 16.9 Å². The molecule has 0 aliphatic heterocycles. The lowest BCUT2D eigenvalue weighted by Gasteiger charge is -2.14. The molecule has 7 heteroatoms. The molecule has 0 spiro atoms. The van der Waals surface area contributed by atoms with Crippen LogP contribution in [-0.4, -0.2) is 26.7 Å². The monoisotopic (exact) mass is 418 g/mol. The first-order chi connectivity index (χ1) is 15.1. The molecule has 1 aromatic carbocycles. The van der Waals surface area contributed by atoms with Crippen LogP contribution < -0.4 is 5.32 Å². The highest BCUT2D eigenvalue weighted by Gasteiger charge is 2.28. The quantitative estimate of drug-likeness (QED) is 0.469. The van der Waals surface area contributed by atoms with Crippen molar-refractivity contribution in [3.05, 3.63) is 77.8 Å². The number of aryl methyl sites for hydroxylation is 1. The van der Waals surface area contributed by atoms with Crippen molar-refractivity contribution in [2.45, 2.75) is 44.6 Å². The predicted octanol–water partition coefficient (Wildman–Crippen LogP) is 4.78. The smallest absolute Gasteiger partial charge is 0.252 e. The number of aromatic nitrogens is 3. The summed E-state index contributed by atoms with van der Waals surface area (Å²) in [5.41, 5.74) is 2.21. The van der Waals surface area contributed by atoms with Gasteiger partial charge in [-0.2, -0.15) is 5.10 Å². The standard InChI is InChI=1S/C24H23FN4O2/c1-15(8-11-17-5-4-12-31-17)27-24(30)18-13-21(16-9-10-16)28-23-19(18)14-26-29(23)22-7-3-2-6-20(22)25/h2-7,12-16H,8-11H2,1H3,(H,27,30)/t15-/m1/s1. The Kier molecular flexibility index (Phi) is 5.02. The van der Waals surface area contributed by atoms with Gasteiger partial charge in [0.15, 0.2) is 5.65 Å². The number of furan rings is 1. The van der Waals surface area contributed by atoms with Crippen molar-refractivity contribution in [2.24, 2.45) is 0 Å². The Balaban J connectivity index is 1.46. The molecule has 1 aliphatic carbocycles. The second-order valence-electron chi connectivity index (χ2n) is 8.11. The molecule has 6 nitrogen and oxygen atoms in total. The number of halogens is 1. The highest BCUT2D eigenvalue weighted by atomic mass is 19.1. The molecule has 158 valence electrons. The second kappa shape index (κ2) is 7.98. The van der Waals surface area contributed by atoms with Crippen molar-refractivity contribution in [3.63, 3.8) is 0 Å². The first kappa shape index (κ1) is 19.5. The van der Waals surface area contributed by atoms with E-state index in [0.717, 1.165) is 37.1 Å². The number of fused-ring (bicyclic) bond motifs is 1. The van der Waals surface area contributed by atoms with Crippen molar-refractivity contribution in [1.29, 1.82) is 0 Å². The van der Waals surface area contributed by atoms with E-state index in [1.165, 1.54) is 10.7 Å². The summed E-state index contributed by atoms with van der Waals surface area (Å²) in [6, 6.07) is 12.1. The number of amides is 1. The lowest BCUT2D eigenvalue weighted by atomic mass is 10.1. The van der Waals surface area contributed by atoms with Gasteiger partial charge in [0.2, 0.25) is 0 Å². The van der Waals surface area contributed by atoms with Gasteiger partial charge in [0.05, 0.1) is 23.4 Å². The molecular weight excluding hydrogens is 395 g/mol. The molecule has 1 aliphatic rings. The number of para-hydroxylation sites is 1. The molecule has 0 radical (unpaired) electrons. The van der Waals surface area contributed by atoms with E-state index in [0.29, 0.717) is 28.2 Å². The van der Waals surface area contributed by atoms with E-state index >= 15 is 0 Å². The Labute approximate surface area is 179 Å². The molecule has 3 aromatic heterocycles. The maximum absolute atomic E-state index is 14.4. The Morgan fingerprint density at radius 3 is 2.87 bits per heavy atom. The lowest BCUT2D eigenvalue weighted by Crippen LogP contribution is -2.33. The number of pyridine rings is 1. The van der Waals surface area contributed by atoms with Crippen molar-refractivity contribution < 1.29 is 13.6 Å². The fraction of sp³-hybridized carbons (Fsp3) is 0.292. The largest absolute Gasteiger partial charge is 0.469 e. The molecule has 0 unspecified atom stereocenters. The summed E-state index contributed by atoms with van der Waals surface area (Å²) < 4.78 is 21.3. The van der Waals surface area contributed by atoms with E-state index in [9.17, 15) is 9.18 Å². The molecule has 4 aromatic rings. The molecule has 3 heterocycles. The van der Waals surface area contributed by atoms with Crippen LogP contribution in [0.25, 0.3) is 16.7 Å². The van der Waals surface area contributed by atoms with E-state index in [1.807, 2.05) is 25.1 Å². The lowest BCUT2D eigenvalue weighted by molar-refractivity contribution is 0.0939. The first-order valence-corrected chi connectivity index (χ1v) is 10.6. The van der Waals surface area contributed by atoms with Gasteiger partial charge in [-0.1, -0.05) is 12.1 Å². The molecule has 1 N–H and O–H groups in total. The summed E-state index contributed by atoms with van der Waals surface area (Å²) >= 11 is 0. The van der Waals surface area contributed by atoms with Crippen LogP contribution in [0.5, 0.6) is 0 Å². The molecule has 0 saturated heterocycles. The number of carbonyl (C=O) groups is 1. The normalized spacial score (nSPS) is 14.6. The van der Waals surface area contributed by atoms with Crippen LogP contribution in [0, 0.1) is 5.82 Å². The predicted molar refractivity (Wildman–Crippen MR) is 115 cm³/mol. The zero-order valence-electron chi connectivity index (χ0n) is 17.2. The minimum atomic E-state index is -0.385. The summed E-state index contributed by atoms with van der Waals surface area (Å²) in [5.74, 6) is 0.684. The van der Waals surface area contributed by atoms with Gasteiger partial charge in [-0.25, -0.2) is 14.1 Å². The van der Waals surface area contributed by atoms with Gasteiger partial charge in [-0.05, 0) is 56.5 Å². The molecule has 1 amide bonds. The highest BCUT2D eigenvalue weighted by Crippen LogP contribution is 2.40. The van der Waals surface area contributed by atoms with Gasteiger partial charge in [0, 0.05) is 24.1 Å². The van der Waals surface area contributed by atoms with Gasteiger partial charge >= 0.3 is 0 Å². The van der Waals surface area contributed by atoms with Gasteiger partial charge in [-0.3, -0.25) is 4.79 Å². The summed E-state index contributed by atoms with van der Waals surface area (Å²) in [6.45, 7) is 1.98. The SMILES string of the molecule is C[C@H](CCc1ccco1)NC(=O)c1cc(C2CC2)nc2c1cnn2-c1ccccc1F. The van der Waals surface area contributed by atoms with Gasteiger partial charge in [0.1, 0.15) is 17.3 Å². The minimum Gasteiger partial charge on any atom is -0.469 e. The van der Waals surface area contributed by atoms with Crippen molar-refractivity contribution in [2.75, 3.05) is 0 Å². The average Bonchev–Trinajstić information content (AvgIpc) is 3.32. The van der Waals surface area contributed by atoms with E-state index in [-0.39, 0.29) is 17.8 Å². The Bertz CT molecular complexity index is 1230. The minimum absolute atomic E-state index is 0.0354. The van der Waals surface area contributed by atoms with Gasteiger partial charge < -0.3 is 9.73 Å². The van der Waals surface area contributed by atoms with Crippen LogP contribution in [0.4, 0.5) is 4.39 Å². The number of nitrogens with zero attached hydrogens (tertiary/aromatic N) is 3. The number of benzene rings is 1. The third-order valence-electron chi connectivity index (χ3n) is 5.66. The number of carbonyl (C=O) groups excluding carboxylic acids is 1. The fourth-order valence-corrected chi connectivity index (χ4v) is 3.78. The third kappa shape index (κ3) is 3.95. The highest BCUT2D eigenvalue weighted by molar-refractivity contribution is 6.05. The van der Waals surface area contributed by atoms with E-state index in [1.54, 1.807) is 30.7 Å². The zero-order valence-corrected chi connectivity index (χ0v) is 17.2. The van der Waals surface area contributed by atoms with Crippen LogP contribution in [0.3, 0.4) is 0 Å². The summed E-state index contributed by atoms with van der Waals surface area (Å²) in [4.78, 5) is 17.9. The molecule has 31 heavy (non-hydrogen) atoms.